The van der Waals surface area contributed by atoms with E-state index in [0.717, 1.165) is 51.7 Å². The number of piperidine rings is 1. The summed E-state index contributed by atoms with van der Waals surface area (Å²) in [7, 11) is 1.76. The Morgan fingerprint density at radius 2 is 2.00 bits per heavy atom. The molecule has 3 amide bonds. The third-order valence-electron chi connectivity index (χ3n) is 4.39. The second-order valence-corrected chi connectivity index (χ2v) is 6.30. The van der Waals surface area contributed by atoms with Crippen LogP contribution in [-0.2, 0) is 7.05 Å². The summed E-state index contributed by atoms with van der Waals surface area (Å²) in [5, 5.41) is 13.3. The quantitative estimate of drug-likeness (QED) is 0.731. The molecule has 1 fully saturated rings. The van der Waals surface area contributed by atoms with Crippen molar-refractivity contribution in [2.75, 3.05) is 26.2 Å². The van der Waals surface area contributed by atoms with E-state index in [2.05, 4.69) is 20.9 Å². The van der Waals surface area contributed by atoms with Crippen LogP contribution in [-0.4, -0.2) is 58.0 Å². The van der Waals surface area contributed by atoms with Gasteiger partial charge in [-0.25, -0.2) is 4.79 Å². The van der Waals surface area contributed by atoms with Gasteiger partial charge in [0.1, 0.15) is 0 Å². The van der Waals surface area contributed by atoms with Gasteiger partial charge in [0, 0.05) is 33.2 Å². The minimum atomic E-state index is -0.0895. The van der Waals surface area contributed by atoms with Gasteiger partial charge in [-0.1, -0.05) is 18.1 Å². The molecule has 1 aromatic rings. The van der Waals surface area contributed by atoms with Crippen LogP contribution in [0.2, 0.25) is 0 Å². The highest BCUT2D eigenvalue weighted by atomic mass is 16.2. The van der Waals surface area contributed by atoms with Gasteiger partial charge < -0.3 is 15.5 Å². The molecule has 0 spiro atoms. The van der Waals surface area contributed by atoms with Crippen molar-refractivity contribution in [2.24, 2.45) is 13.0 Å². The minimum Gasteiger partial charge on any atom is -0.338 e. The molecule has 0 radical (unpaired) electrons. The normalized spacial score (nSPS) is 15.3. The summed E-state index contributed by atoms with van der Waals surface area (Å²) >= 11 is 0. The van der Waals surface area contributed by atoms with Crippen molar-refractivity contribution in [1.29, 1.82) is 0 Å². The number of unbranched alkanes of at least 4 members (excludes halogenated alkanes) is 1. The number of aromatic nitrogens is 3. The molecule has 0 aromatic carbocycles. The number of nitrogens with zero attached hydrogens (tertiary/aromatic N) is 4. The van der Waals surface area contributed by atoms with Gasteiger partial charge in [0.05, 0.1) is 6.20 Å². The summed E-state index contributed by atoms with van der Waals surface area (Å²) in [6, 6.07) is -0.0895. The predicted molar refractivity (Wildman–Crippen MR) is 90.6 cm³/mol. The van der Waals surface area contributed by atoms with Gasteiger partial charge >= 0.3 is 6.03 Å². The Bertz CT molecular complexity index is 536. The average molecular weight is 336 g/mol. The van der Waals surface area contributed by atoms with E-state index in [4.69, 9.17) is 0 Å². The zero-order valence-corrected chi connectivity index (χ0v) is 14.6. The fourth-order valence-electron chi connectivity index (χ4n) is 3.02. The Hall–Kier alpha value is -2.12. The molecule has 1 aromatic heterocycles. The topological polar surface area (TPSA) is 92.2 Å². The Kier molecular flexibility index (Phi) is 7.02. The van der Waals surface area contributed by atoms with Crippen LogP contribution in [0.4, 0.5) is 4.79 Å². The van der Waals surface area contributed by atoms with Crippen LogP contribution in [0.1, 0.15) is 49.5 Å². The molecule has 0 bridgehead atoms. The third-order valence-corrected chi connectivity index (χ3v) is 4.39. The summed E-state index contributed by atoms with van der Waals surface area (Å²) in [4.78, 5) is 25.4. The van der Waals surface area contributed by atoms with E-state index in [0.29, 0.717) is 18.2 Å². The molecule has 8 nitrogen and oxygen atoms in total. The highest BCUT2D eigenvalue weighted by Crippen LogP contribution is 2.23. The minimum absolute atomic E-state index is 0.0207. The van der Waals surface area contributed by atoms with Gasteiger partial charge in [0.15, 0.2) is 5.69 Å². The lowest BCUT2D eigenvalue weighted by atomic mass is 9.91. The molecule has 134 valence electrons. The van der Waals surface area contributed by atoms with Crippen molar-refractivity contribution in [1.82, 2.24) is 30.5 Å². The summed E-state index contributed by atoms with van der Waals surface area (Å²) in [5.41, 5.74) is 0.424. The van der Waals surface area contributed by atoms with Crippen LogP contribution in [0.3, 0.4) is 0 Å². The van der Waals surface area contributed by atoms with E-state index in [1.165, 1.54) is 0 Å². The van der Waals surface area contributed by atoms with E-state index in [-0.39, 0.29) is 11.9 Å². The van der Waals surface area contributed by atoms with Crippen molar-refractivity contribution < 1.29 is 9.59 Å². The van der Waals surface area contributed by atoms with Crippen molar-refractivity contribution >= 4 is 11.9 Å². The first-order valence-corrected chi connectivity index (χ1v) is 8.77. The fourth-order valence-corrected chi connectivity index (χ4v) is 3.02. The largest absolute Gasteiger partial charge is 0.338 e. The molecule has 2 heterocycles. The highest BCUT2D eigenvalue weighted by molar-refractivity contribution is 5.91. The Morgan fingerprint density at radius 1 is 1.25 bits per heavy atom. The first-order chi connectivity index (χ1) is 11.6. The monoisotopic (exact) mass is 336 g/mol. The van der Waals surface area contributed by atoms with Crippen LogP contribution < -0.4 is 10.6 Å². The lowest BCUT2D eigenvalue weighted by Gasteiger charge is -2.31. The molecule has 0 aliphatic carbocycles. The third kappa shape index (κ3) is 5.50. The average Bonchev–Trinajstić information content (AvgIpc) is 3.01. The fraction of sp³-hybridized carbons (Fsp3) is 0.750. The number of hydrogen-bond donors (Lipinski definition) is 2. The number of carbonyl (C=O) groups is 2. The maximum absolute atomic E-state index is 12.3. The molecule has 24 heavy (non-hydrogen) atoms. The Balaban J connectivity index is 1.59. The number of nitrogens with one attached hydrogen (secondary N) is 2. The molecule has 1 aliphatic heterocycles. The maximum atomic E-state index is 12.3. The summed E-state index contributed by atoms with van der Waals surface area (Å²) in [5.74, 6) is 0.646. The summed E-state index contributed by atoms with van der Waals surface area (Å²) in [6.45, 7) is 4.85. The smallest absolute Gasteiger partial charge is 0.314 e. The lowest BCUT2D eigenvalue weighted by molar-refractivity contribution is 0.0679. The lowest BCUT2D eigenvalue weighted by Crippen LogP contribution is -2.38. The van der Waals surface area contributed by atoms with Crippen molar-refractivity contribution in [3.05, 3.63) is 11.9 Å². The number of carbonyl (C=O) groups excluding carboxylic acids is 2. The van der Waals surface area contributed by atoms with Crippen LogP contribution in [0.25, 0.3) is 0 Å². The second kappa shape index (κ2) is 9.24. The molecular weight excluding hydrogens is 308 g/mol. The number of aryl methyl sites for hydroxylation is 1. The van der Waals surface area contributed by atoms with Crippen LogP contribution >= 0.6 is 0 Å². The number of likely N-dealkylation sites (tertiary alicyclic amines) is 1. The van der Waals surface area contributed by atoms with Crippen LogP contribution in [0.5, 0.6) is 0 Å². The van der Waals surface area contributed by atoms with Crippen molar-refractivity contribution in [3.63, 3.8) is 0 Å². The molecule has 0 atom stereocenters. The Morgan fingerprint density at radius 3 is 2.62 bits per heavy atom. The van der Waals surface area contributed by atoms with Crippen molar-refractivity contribution in [3.8, 4) is 0 Å². The van der Waals surface area contributed by atoms with Gasteiger partial charge in [-0.2, -0.15) is 0 Å². The molecular formula is C16H28N6O2. The zero-order valence-electron chi connectivity index (χ0n) is 14.6. The highest BCUT2D eigenvalue weighted by Gasteiger charge is 2.24. The maximum Gasteiger partial charge on any atom is 0.314 e. The molecule has 0 unspecified atom stereocenters. The predicted octanol–water partition coefficient (Wildman–Crippen LogP) is 1.16. The molecule has 2 N–H and O–H groups in total. The zero-order chi connectivity index (χ0) is 17.4. The van der Waals surface area contributed by atoms with Gasteiger partial charge in [0.2, 0.25) is 0 Å². The SMILES string of the molecule is CCNC(=O)NCCCCC1CCN(C(=O)c2cn(C)nn2)CC1. The molecule has 1 saturated heterocycles. The summed E-state index contributed by atoms with van der Waals surface area (Å²) in [6.07, 6.45) is 7.00. The van der Waals surface area contributed by atoms with E-state index < -0.39 is 0 Å². The summed E-state index contributed by atoms with van der Waals surface area (Å²) < 4.78 is 1.55. The molecule has 1 aliphatic rings. The van der Waals surface area contributed by atoms with Gasteiger partial charge in [-0.05, 0) is 32.1 Å². The second-order valence-electron chi connectivity index (χ2n) is 6.30. The van der Waals surface area contributed by atoms with Crippen LogP contribution in [0, 0.1) is 5.92 Å². The molecule has 0 saturated carbocycles. The van der Waals surface area contributed by atoms with E-state index >= 15 is 0 Å². The van der Waals surface area contributed by atoms with Crippen molar-refractivity contribution in [2.45, 2.75) is 39.0 Å². The first kappa shape index (κ1) is 18.2. The molecule has 8 heteroatoms. The van der Waals surface area contributed by atoms with Gasteiger partial charge in [-0.15, -0.1) is 5.10 Å². The van der Waals surface area contributed by atoms with E-state index in [9.17, 15) is 9.59 Å². The Labute approximate surface area is 143 Å². The number of hydrogen-bond acceptors (Lipinski definition) is 4. The van der Waals surface area contributed by atoms with E-state index in [1.54, 1.807) is 17.9 Å². The van der Waals surface area contributed by atoms with Gasteiger partial charge in [-0.3, -0.25) is 9.48 Å². The standard InChI is InChI=1S/C16H28N6O2/c1-3-17-16(24)18-9-5-4-6-13-7-10-22(11-8-13)15(23)14-12-21(2)20-19-14/h12-13H,3-11H2,1-2H3,(H2,17,18,24). The number of urea groups is 1. The number of rotatable bonds is 7. The van der Waals surface area contributed by atoms with Crippen LogP contribution in [0.15, 0.2) is 6.20 Å². The van der Waals surface area contributed by atoms with E-state index in [1.807, 2.05) is 11.8 Å². The first-order valence-electron chi connectivity index (χ1n) is 8.77. The van der Waals surface area contributed by atoms with Gasteiger partial charge in [0.25, 0.3) is 5.91 Å². The molecule has 2 rings (SSSR count). The number of amides is 3.